The first-order valence-corrected chi connectivity index (χ1v) is 9.86. The van der Waals surface area contributed by atoms with Crippen molar-refractivity contribution in [2.75, 3.05) is 16.9 Å². The Morgan fingerprint density at radius 1 is 1.11 bits per heavy atom. The quantitative estimate of drug-likeness (QED) is 0.688. The summed E-state index contributed by atoms with van der Waals surface area (Å²) in [6, 6.07) is 13.9. The van der Waals surface area contributed by atoms with Crippen LogP contribution < -0.4 is 25.1 Å². The maximum atomic E-state index is 13.2. The zero-order valence-electron chi connectivity index (χ0n) is 15.5. The molecule has 1 aromatic heterocycles. The summed E-state index contributed by atoms with van der Waals surface area (Å²) >= 11 is 1.29. The molecule has 0 atom stereocenters. The number of aryl methyl sites for hydroxylation is 2. The SMILES string of the molecule is Cc1cc(C)c2c(c1)/C(=c1\sc3n(c1=O)CN(c1ccccc1)CN=3)C(=O)N2. The van der Waals surface area contributed by atoms with E-state index in [1.807, 2.05) is 61.2 Å². The molecule has 140 valence electrons. The van der Waals surface area contributed by atoms with E-state index in [1.165, 1.54) is 11.3 Å². The molecule has 2 aliphatic rings. The van der Waals surface area contributed by atoms with Gasteiger partial charge in [0.25, 0.3) is 11.5 Å². The number of benzene rings is 2. The number of nitrogens with zero attached hydrogens (tertiary/aromatic N) is 3. The zero-order valence-corrected chi connectivity index (χ0v) is 16.3. The van der Waals surface area contributed by atoms with Crippen molar-refractivity contribution in [3.63, 3.8) is 0 Å². The molecule has 0 bridgehead atoms. The van der Waals surface area contributed by atoms with Gasteiger partial charge in [0.05, 0.1) is 11.3 Å². The van der Waals surface area contributed by atoms with Gasteiger partial charge in [-0.3, -0.25) is 14.2 Å². The molecular weight excluding hydrogens is 372 g/mol. The van der Waals surface area contributed by atoms with E-state index >= 15 is 0 Å². The van der Waals surface area contributed by atoms with E-state index in [9.17, 15) is 9.59 Å². The van der Waals surface area contributed by atoms with Gasteiger partial charge >= 0.3 is 0 Å². The van der Waals surface area contributed by atoms with E-state index in [2.05, 4.69) is 10.3 Å². The molecule has 2 aliphatic heterocycles. The highest BCUT2D eigenvalue weighted by molar-refractivity contribution is 7.07. The number of carbonyl (C=O) groups is 1. The maximum absolute atomic E-state index is 13.2. The lowest BCUT2D eigenvalue weighted by molar-refractivity contribution is -0.110. The first-order valence-electron chi connectivity index (χ1n) is 9.04. The highest BCUT2D eigenvalue weighted by atomic mass is 32.1. The summed E-state index contributed by atoms with van der Waals surface area (Å²) in [6.45, 7) is 4.87. The predicted molar refractivity (Wildman–Crippen MR) is 110 cm³/mol. The van der Waals surface area contributed by atoms with Crippen molar-refractivity contribution in [2.45, 2.75) is 20.5 Å². The van der Waals surface area contributed by atoms with E-state index in [1.54, 1.807) is 4.57 Å². The fourth-order valence-electron chi connectivity index (χ4n) is 3.82. The number of para-hydroxylation sites is 1. The van der Waals surface area contributed by atoms with Gasteiger partial charge < -0.3 is 10.2 Å². The summed E-state index contributed by atoms with van der Waals surface area (Å²) < 4.78 is 2.10. The minimum Gasteiger partial charge on any atom is -0.334 e. The van der Waals surface area contributed by atoms with Crippen LogP contribution in [0.1, 0.15) is 16.7 Å². The maximum Gasteiger partial charge on any atom is 0.272 e. The van der Waals surface area contributed by atoms with Crippen LogP contribution in [0.2, 0.25) is 0 Å². The summed E-state index contributed by atoms with van der Waals surface area (Å²) in [5.74, 6) is -0.222. The van der Waals surface area contributed by atoms with Crippen molar-refractivity contribution >= 4 is 34.2 Å². The van der Waals surface area contributed by atoms with Crippen molar-refractivity contribution < 1.29 is 4.79 Å². The predicted octanol–water partition coefficient (Wildman–Crippen LogP) is 1.73. The fourth-order valence-corrected chi connectivity index (χ4v) is 4.88. The minimum atomic E-state index is -0.222. The Balaban J connectivity index is 1.69. The van der Waals surface area contributed by atoms with Gasteiger partial charge in [-0.2, -0.15) is 0 Å². The Kier molecular flexibility index (Phi) is 3.73. The Bertz CT molecular complexity index is 1300. The van der Waals surface area contributed by atoms with Crippen molar-refractivity contribution in [3.05, 3.63) is 78.8 Å². The van der Waals surface area contributed by atoms with Crippen molar-refractivity contribution in [1.29, 1.82) is 0 Å². The van der Waals surface area contributed by atoms with Gasteiger partial charge in [0, 0.05) is 11.3 Å². The molecule has 3 heterocycles. The van der Waals surface area contributed by atoms with Crippen LogP contribution in [0, 0.1) is 13.8 Å². The number of rotatable bonds is 1. The van der Waals surface area contributed by atoms with Crippen LogP contribution >= 0.6 is 11.3 Å². The third-order valence-electron chi connectivity index (χ3n) is 5.12. The first kappa shape index (κ1) is 16.9. The highest BCUT2D eigenvalue weighted by Gasteiger charge is 2.29. The molecule has 5 rings (SSSR count). The molecule has 3 aromatic rings. The molecule has 2 aromatic carbocycles. The molecule has 0 spiro atoms. The molecule has 6 nitrogen and oxygen atoms in total. The smallest absolute Gasteiger partial charge is 0.272 e. The molecule has 0 unspecified atom stereocenters. The van der Waals surface area contributed by atoms with Crippen LogP contribution in [0.5, 0.6) is 0 Å². The van der Waals surface area contributed by atoms with Crippen molar-refractivity contribution in [2.24, 2.45) is 4.99 Å². The van der Waals surface area contributed by atoms with Gasteiger partial charge in [0.1, 0.15) is 17.9 Å². The van der Waals surface area contributed by atoms with E-state index in [0.717, 1.165) is 28.1 Å². The second-order valence-corrected chi connectivity index (χ2v) is 8.07. The van der Waals surface area contributed by atoms with Crippen LogP contribution in [0.15, 0.2) is 52.3 Å². The molecule has 28 heavy (non-hydrogen) atoms. The topological polar surface area (TPSA) is 66.7 Å². The number of thiazole rings is 1. The standard InChI is InChI=1S/C21H18N4O2S/c1-12-8-13(2)17-15(9-12)16(19(26)23-17)18-20(27)25-11-24(10-22-21(25)28-18)14-6-4-3-5-7-14/h3-9H,10-11H2,1-2H3,(H,23,26)/b18-16+. The molecule has 0 aliphatic carbocycles. The van der Waals surface area contributed by atoms with Gasteiger partial charge in [-0.05, 0) is 37.6 Å². The van der Waals surface area contributed by atoms with E-state index in [0.29, 0.717) is 28.2 Å². The van der Waals surface area contributed by atoms with E-state index in [-0.39, 0.29) is 11.5 Å². The summed E-state index contributed by atoms with van der Waals surface area (Å²) in [7, 11) is 0. The van der Waals surface area contributed by atoms with Crippen LogP contribution in [-0.2, 0) is 11.5 Å². The van der Waals surface area contributed by atoms with Crippen LogP contribution in [0.3, 0.4) is 0 Å². The van der Waals surface area contributed by atoms with Crippen molar-refractivity contribution in [1.82, 2.24) is 4.57 Å². The van der Waals surface area contributed by atoms with Crippen LogP contribution in [-0.4, -0.2) is 17.1 Å². The molecule has 0 saturated carbocycles. The lowest BCUT2D eigenvalue weighted by atomic mass is 10.0. The van der Waals surface area contributed by atoms with Crippen LogP contribution in [0.4, 0.5) is 11.4 Å². The van der Waals surface area contributed by atoms with Gasteiger partial charge in [0.2, 0.25) is 0 Å². The molecule has 0 radical (unpaired) electrons. The number of anilines is 2. The Hall–Kier alpha value is -3.19. The normalized spacial score (nSPS) is 17.1. The Labute approximate surface area is 165 Å². The third-order valence-corrected chi connectivity index (χ3v) is 6.23. The monoisotopic (exact) mass is 390 g/mol. The average Bonchev–Trinajstić information content (AvgIpc) is 3.19. The summed E-state index contributed by atoms with van der Waals surface area (Å²) in [4.78, 5) is 33.2. The number of amides is 1. The highest BCUT2D eigenvalue weighted by Crippen LogP contribution is 2.33. The van der Waals surface area contributed by atoms with Gasteiger partial charge in [-0.15, -0.1) is 0 Å². The Morgan fingerprint density at radius 3 is 2.68 bits per heavy atom. The van der Waals surface area contributed by atoms with Crippen LogP contribution in [0.25, 0.3) is 5.57 Å². The molecule has 1 amide bonds. The minimum absolute atomic E-state index is 0.165. The first-order chi connectivity index (χ1) is 13.5. The number of nitrogens with one attached hydrogen (secondary N) is 1. The number of carbonyl (C=O) groups excluding carboxylic acids is 1. The number of hydrogen-bond donors (Lipinski definition) is 1. The van der Waals surface area contributed by atoms with Gasteiger partial charge in [-0.1, -0.05) is 41.2 Å². The number of aromatic nitrogens is 1. The zero-order chi connectivity index (χ0) is 19.4. The molecule has 0 fully saturated rings. The third kappa shape index (κ3) is 2.51. The number of hydrogen-bond acceptors (Lipinski definition) is 5. The van der Waals surface area contributed by atoms with Gasteiger partial charge in [0.15, 0.2) is 4.80 Å². The Morgan fingerprint density at radius 2 is 1.89 bits per heavy atom. The molecule has 1 N–H and O–H groups in total. The fraction of sp³-hybridized carbons (Fsp3) is 0.190. The van der Waals surface area contributed by atoms with E-state index in [4.69, 9.17) is 0 Å². The van der Waals surface area contributed by atoms with Gasteiger partial charge in [-0.25, -0.2) is 4.99 Å². The number of fused-ring (bicyclic) bond motifs is 2. The molecule has 0 saturated heterocycles. The second kappa shape index (κ2) is 6.17. The van der Waals surface area contributed by atoms with Crippen molar-refractivity contribution in [3.8, 4) is 0 Å². The summed E-state index contributed by atoms with van der Waals surface area (Å²) in [6.07, 6.45) is 0. The van der Waals surface area contributed by atoms with E-state index < -0.39 is 0 Å². The molecule has 7 heteroatoms. The summed E-state index contributed by atoms with van der Waals surface area (Å²) in [5.41, 5.74) is 4.97. The largest absolute Gasteiger partial charge is 0.334 e. The lowest BCUT2D eigenvalue weighted by Gasteiger charge is -2.25. The second-order valence-electron chi connectivity index (χ2n) is 7.10. The molecular formula is C21H18N4O2S. The summed E-state index contributed by atoms with van der Waals surface area (Å²) in [5, 5.41) is 2.93. The lowest BCUT2D eigenvalue weighted by Crippen LogP contribution is -2.43. The average molecular weight is 390 g/mol.